The van der Waals surface area contributed by atoms with Crippen molar-refractivity contribution in [3.05, 3.63) is 58.0 Å². The van der Waals surface area contributed by atoms with Crippen molar-refractivity contribution in [3.8, 4) is 0 Å². The van der Waals surface area contributed by atoms with Gasteiger partial charge in [0.25, 0.3) is 5.56 Å². The lowest BCUT2D eigenvalue weighted by atomic mass is 10.1. The number of hydrogen-bond acceptors (Lipinski definition) is 4. The fourth-order valence-electron chi connectivity index (χ4n) is 2.52. The summed E-state index contributed by atoms with van der Waals surface area (Å²) >= 11 is 0. The summed E-state index contributed by atoms with van der Waals surface area (Å²) in [6, 6.07) is 6.47. The minimum atomic E-state index is -0.253. The molecule has 0 spiro atoms. The quantitative estimate of drug-likeness (QED) is 0.799. The van der Waals surface area contributed by atoms with E-state index < -0.39 is 0 Å². The van der Waals surface area contributed by atoms with Gasteiger partial charge in [-0.05, 0) is 31.7 Å². The molecule has 0 aliphatic rings. The first-order chi connectivity index (χ1) is 11.0. The van der Waals surface area contributed by atoms with Gasteiger partial charge in [-0.2, -0.15) is 5.10 Å². The molecular formula is C16H18FN5O. The summed E-state index contributed by atoms with van der Waals surface area (Å²) in [4.78, 5) is 21.4. The molecule has 1 atom stereocenters. The van der Waals surface area contributed by atoms with Crippen LogP contribution in [0.15, 0.2) is 35.3 Å². The molecule has 2 aromatic heterocycles. The molecule has 0 saturated heterocycles. The Morgan fingerprint density at radius 3 is 2.74 bits per heavy atom. The molecule has 0 bridgehead atoms. The van der Waals surface area contributed by atoms with E-state index in [2.05, 4.69) is 15.1 Å². The Kier molecular flexibility index (Phi) is 3.96. The molecule has 23 heavy (non-hydrogen) atoms. The molecule has 0 fully saturated rings. The van der Waals surface area contributed by atoms with Crippen molar-refractivity contribution in [2.45, 2.75) is 19.5 Å². The number of nitrogens with zero attached hydrogens (tertiary/aromatic N) is 4. The van der Waals surface area contributed by atoms with Gasteiger partial charge in [0.05, 0.1) is 12.7 Å². The Morgan fingerprint density at radius 2 is 2.04 bits per heavy atom. The Morgan fingerprint density at radius 1 is 1.35 bits per heavy atom. The smallest absolute Gasteiger partial charge is 0.262 e. The lowest BCUT2D eigenvalue weighted by molar-refractivity contribution is 0.247. The van der Waals surface area contributed by atoms with E-state index in [0.717, 1.165) is 5.56 Å². The third kappa shape index (κ3) is 3.00. The molecule has 0 aliphatic carbocycles. The van der Waals surface area contributed by atoms with Gasteiger partial charge in [-0.3, -0.25) is 14.4 Å². The molecule has 0 saturated carbocycles. The number of halogens is 1. The first-order valence-corrected chi connectivity index (χ1v) is 7.32. The van der Waals surface area contributed by atoms with Crippen LogP contribution in [0.4, 0.5) is 4.39 Å². The third-order valence-electron chi connectivity index (χ3n) is 4.06. The number of benzene rings is 1. The molecular weight excluding hydrogens is 297 g/mol. The van der Waals surface area contributed by atoms with Crippen LogP contribution in [0.3, 0.4) is 0 Å². The molecule has 2 heterocycles. The predicted molar refractivity (Wildman–Crippen MR) is 85.4 cm³/mol. The van der Waals surface area contributed by atoms with Crippen LogP contribution in [-0.4, -0.2) is 31.7 Å². The van der Waals surface area contributed by atoms with Crippen molar-refractivity contribution in [3.63, 3.8) is 0 Å². The van der Waals surface area contributed by atoms with Gasteiger partial charge in [-0.1, -0.05) is 12.1 Å². The Labute approximate surface area is 132 Å². The number of hydrogen-bond donors (Lipinski definition) is 1. The van der Waals surface area contributed by atoms with Gasteiger partial charge in [0.1, 0.15) is 17.0 Å². The standard InChI is InChI=1S/C16H18FN5O/c1-10(11-4-6-12(17)7-5-11)21(2)9-14-19-15-13(16(23)20-14)8-18-22(15)3/h4-8,10H,9H2,1-3H3,(H,19,20,23)/t10-/m1/s1. The summed E-state index contributed by atoms with van der Waals surface area (Å²) in [5, 5.41) is 4.53. The van der Waals surface area contributed by atoms with E-state index in [4.69, 9.17) is 0 Å². The van der Waals surface area contributed by atoms with E-state index in [1.54, 1.807) is 23.9 Å². The van der Waals surface area contributed by atoms with Crippen LogP contribution < -0.4 is 5.56 Å². The molecule has 120 valence electrons. The fraction of sp³-hybridized carbons (Fsp3) is 0.312. The van der Waals surface area contributed by atoms with Gasteiger partial charge in [-0.25, -0.2) is 9.37 Å². The topological polar surface area (TPSA) is 66.8 Å². The minimum absolute atomic E-state index is 0.0585. The number of rotatable bonds is 4. The lowest BCUT2D eigenvalue weighted by Gasteiger charge is -2.24. The summed E-state index contributed by atoms with van der Waals surface area (Å²) in [5.74, 6) is 0.318. The van der Waals surface area contributed by atoms with Crippen LogP contribution in [0, 0.1) is 5.82 Å². The normalized spacial score (nSPS) is 12.9. The van der Waals surface area contributed by atoms with Crippen LogP contribution in [0.2, 0.25) is 0 Å². The first-order valence-electron chi connectivity index (χ1n) is 7.32. The number of aryl methyl sites for hydroxylation is 1. The monoisotopic (exact) mass is 315 g/mol. The van der Waals surface area contributed by atoms with Crippen LogP contribution in [0.25, 0.3) is 11.0 Å². The van der Waals surface area contributed by atoms with E-state index >= 15 is 0 Å². The summed E-state index contributed by atoms with van der Waals surface area (Å²) in [5.41, 5.74) is 1.37. The number of fused-ring (bicyclic) bond motifs is 1. The largest absolute Gasteiger partial charge is 0.309 e. The van der Waals surface area contributed by atoms with Crippen molar-refractivity contribution >= 4 is 11.0 Å². The minimum Gasteiger partial charge on any atom is -0.309 e. The Bertz CT molecular complexity index is 884. The molecule has 0 radical (unpaired) electrons. The van der Waals surface area contributed by atoms with Crippen LogP contribution in [0.1, 0.15) is 24.4 Å². The fourth-order valence-corrected chi connectivity index (χ4v) is 2.52. The first kappa shape index (κ1) is 15.4. The van der Waals surface area contributed by atoms with Crippen molar-refractivity contribution in [2.24, 2.45) is 7.05 Å². The second-order valence-corrected chi connectivity index (χ2v) is 5.66. The molecule has 1 aromatic carbocycles. The van der Waals surface area contributed by atoms with Crippen molar-refractivity contribution in [1.82, 2.24) is 24.6 Å². The van der Waals surface area contributed by atoms with Gasteiger partial charge in [0, 0.05) is 13.1 Å². The molecule has 1 N–H and O–H groups in total. The highest BCUT2D eigenvalue weighted by atomic mass is 19.1. The van der Waals surface area contributed by atoms with E-state index in [1.807, 2.05) is 18.9 Å². The number of aromatic amines is 1. The summed E-state index contributed by atoms with van der Waals surface area (Å²) in [6.45, 7) is 2.49. The summed E-state index contributed by atoms with van der Waals surface area (Å²) < 4.78 is 14.6. The maximum atomic E-state index is 13.0. The van der Waals surface area contributed by atoms with Gasteiger partial charge >= 0.3 is 0 Å². The second kappa shape index (κ2) is 5.92. The van der Waals surface area contributed by atoms with Gasteiger partial charge < -0.3 is 4.98 Å². The Hall–Kier alpha value is -2.54. The highest BCUT2D eigenvalue weighted by Crippen LogP contribution is 2.20. The predicted octanol–water partition coefficient (Wildman–Crippen LogP) is 1.99. The number of aromatic nitrogens is 4. The van der Waals surface area contributed by atoms with Crippen molar-refractivity contribution in [2.75, 3.05) is 7.05 Å². The molecule has 3 rings (SSSR count). The molecule has 3 aromatic rings. The number of H-pyrrole nitrogens is 1. The zero-order valence-corrected chi connectivity index (χ0v) is 13.2. The SMILES string of the molecule is C[C@H](c1ccc(F)cc1)N(C)Cc1nc2c(cnn2C)c(=O)[nH]1. The van der Waals surface area contributed by atoms with Gasteiger partial charge in [0.15, 0.2) is 5.65 Å². The number of nitrogens with one attached hydrogen (secondary N) is 1. The summed E-state index contributed by atoms with van der Waals surface area (Å²) in [7, 11) is 3.69. The maximum Gasteiger partial charge on any atom is 0.262 e. The highest BCUT2D eigenvalue weighted by Gasteiger charge is 2.15. The zero-order chi connectivity index (χ0) is 16.6. The van der Waals surface area contributed by atoms with E-state index in [0.29, 0.717) is 23.4 Å². The average Bonchev–Trinajstić information content (AvgIpc) is 2.89. The molecule has 6 nitrogen and oxygen atoms in total. The lowest BCUT2D eigenvalue weighted by Crippen LogP contribution is -2.25. The van der Waals surface area contributed by atoms with Crippen molar-refractivity contribution in [1.29, 1.82) is 0 Å². The van der Waals surface area contributed by atoms with Gasteiger partial charge in [-0.15, -0.1) is 0 Å². The highest BCUT2D eigenvalue weighted by molar-refractivity contribution is 5.72. The van der Waals surface area contributed by atoms with E-state index in [-0.39, 0.29) is 17.4 Å². The van der Waals surface area contributed by atoms with E-state index in [9.17, 15) is 9.18 Å². The molecule has 7 heteroatoms. The Balaban J connectivity index is 1.84. The van der Waals surface area contributed by atoms with Crippen molar-refractivity contribution < 1.29 is 4.39 Å². The average molecular weight is 315 g/mol. The molecule has 0 aliphatic heterocycles. The van der Waals surface area contributed by atoms with Crippen LogP contribution >= 0.6 is 0 Å². The maximum absolute atomic E-state index is 13.0. The summed E-state index contributed by atoms with van der Waals surface area (Å²) in [6.07, 6.45) is 1.51. The second-order valence-electron chi connectivity index (χ2n) is 5.66. The van der Waals surface area contributed by atoms with Crippen LogP contribution in [-0.2, 0) is 13.6 Å². The third-order valence-corrected chi connectivity index (χ3v) is 4.06. The van der Waals surface area contributed by atoms with Gasteiger partial charge in [0.2, 0.25) is 0 Å². The van der Waals surface area contributed by atoms with E-state index in [1.165, 1.54) is 18.3 Å². The van der Waals surface area contributed by atoms with Crippen LogP contribution in [0.5, 0.6) is 0 Å². The molecule has 0 amide bonds. The molecule has 0 unspecified atom stereocenters. The zero-order valence-electron chi connectivity index (χ0n) is 13.2.